The third-order valence-electron chi connectivity index (χ3n) is 3.74. The number of piperidine rings is 1. The summed E-state index contributed by atoms with van der Waals surface area (Å²) in [6.45, 7) is 5.86. The summed E-state index contributed by atoms with van der Waals surface area (Å²) in [5.74, 6) is -0.517. The van der Waals surface area contributed by atoms with Gasteiger partial charge in [-0.3, -0.25) is 4.79 Å². The van der Waals surface area contributed by atoms with Crippen LogP contribution in [0, 0.1) is 0 Å². The van der Waals surface area contributed by atoms with Gasteiger partial charge in [-0.1, -0.05) is 12.1 Å². The van der Waals surface area contributed by atoms with Gasteiger partial charge in [0.2, 0.25) is 0 Å². The molecule has 24 heavy (non-hydrogen) atoms. The van der Waals surface area contributed by atoms with E-state index < -0.39 is 17.7 Å². The number of carbonyl (C=O) groups is 3. The molecule has 0 aliphatic carbocycles. The fraction of sp³-hybridized carbons (Fsp3) is 0.500. The van der Waals surface area contributed by atoms with E-state index in [1.54, 1.807) is 45.0 Å². The summed E-state index contributed by atoms with van der Waals surface area (Å²) in [5.41, 5.74) is 0.756. The number of likely N-dealkylation sites (tertiary alicyclic amines) is 1. The fourth-order valence-electron chi connectivity index (χ4n) is 2.65. The molecule has 1 saturated heterocycles. The summed E-state index contributed by atoms with van der Waals surface area (Å²) >= 11 is 0. The van der Waals surface area contributed by atoms with E-state index in [-0.39, 0.29) is 18.2 Å². The largest absolute Gasteiger partial charge is 0.465 e. The molecule has 1 aliphatic heterocycles. The molecule has 1 atom stereocenters. The van der Waals surface area contributed by atoms with Gasteiger partial charge >= 0.3 is 12.1 Å². The number of hydrogen-bond acceptors (Lipinski definition) is 5. The van der Waals surface area contributed by atoms with Gasteiger partial charge in [0.1, 0.15) is 5.60 Å². The van der Waals surface area contributed by atoms with Gasteiger partial charge in [0, 0.05) is 18.9 Å². The Hall–Kier alpha value is -2.37. The molecule has 0 N–H and O–H groups in total. The lowest BCUT2D eigenvalue weighted by Crippen LogP contribution is -2.45. The summed E-state index contributed by atoms with van der Waals surface area (Å²) in [4.78, 5) is 37.2. The summed E-state index contributed by atoms with van der Waals surface area (Å²) in [5, 5.41) is 0. The van der Waals surface area contributed by atoms with E-state index in [0.717, 1.165) is 5.56 Å². The Morgan fingerprint density at radius 2 is 1.79 bits per heavy atom. The average molecular weight is 333 g/mol. The predicted molar refractivity (Wildman–Crippen MR) is 88.0 cm³/mol. The number of amides is 1. The molecule has 2 rings (SSSR count). The van der Waals surface area contributed by atoms with Crippen molar-refractivity contribution in [2.45, 2.75) is 38.7 Å². The van der Waals surface area contributed by atoms with Crippen LogP contribution in [0.25, 0.3) is 0 Å². The van der Waals surface area contributed by atoms with Crippen LogP contribution >= 0.6 is 0 Å². The van der Waals surface area contributed by atoms with Crippen molar-refractivity contribution in [3.63, 3.8) is 0 Å². The quantitative estimate of drug-likeness (QED) is 0.778. The lowest BCUT2D eigenvalue weighted by atomic mass is 9.89. The first-order chi connectivity index (χ1) is 11.2. The van der Waals surface area contributed by atoms with Gasteiger partial charge in [-0.05, 0) is 38.5 Å². The fourth-order valence-corrected chi connectivity index (χ4v) is 2.65. The van der Waals surface area contributed by atoms with Crippen molar-refractivity contribution in [1.29, 1.82) is 0 Å². The van der Waals surface area contributed by atoms with Gasteiger partial charge in [0.25, 0.3) is 0 Å². The summed E-state index contributed by atoms with van der Waals surface area (Å²) in [7, 11) is 1.33. The van der Waals surface area contributed by atoms with Crippen LogP contribution in [0.1, 0.15) is 49.0 Å². The molecule has 1 aliphatic rings. The van der Waals surface area contributed by atoms with Gasteiger partial charge in [0.15, 0.2) is 5.78 Å². The highest BCUT2D eigenvalue weighted by atomic mass is 16.6. The van der Waals surface area contributed by atoms with Crippen LogP contribution in [-0.4, -0.2) is 48.5 Å². The average Bonchev–Trinajstić information content (AvgIpc) is 2.52. The number of Topliss-reactive ketones (excluding diaryl/α,β-unsaturated/α-hetero) is 1. The van der Waals surface area contributed by atoms with Crippen molar-refractivity contribution in [3.05, 3.63) is 35.4 Å². The number of ketones is 1. The molecule has 1 fully saturated rings. The number of ether oxygens (including phenoxy) is 2. The van der Waals surface area contributed by atoms with E-state index in [1.807, 2.05) is 0 Å². The summed E-state index contributed by atoms with van der Waals surface area (Å²) in [6.07, 6.45) is -0.108. The molecule has 1 amide bonds. The third kappa shape index (κ3) is 4.57. The van der Waals surface area contributed by atoms with Gasteiger partial charge in [-0.2, -0.15) is 0 Å². The number of rotatable bonds is 2. The van der Waals surface area contributed by atoms with Crippen LogP contribution < -0.4 is 0 Å². The molecule has 6 nitrogen and oxygen atoms in total. The molecule has 1 aromatic rings. The Bertz CT molecular complexity index is 630. The van der Waals surface area contributed by atoms with Crippen molar-refractivity contribution < 1.29 is 23.9 Å². The molecule has 0 aromatic heterocycles. The van der Waals surface area contributed by atoms with Crippen molar-refractivity contribution in [2.75, 3.05) is 20.2 Å². The number of nitrogens with zero attached hydrogens (tertiary/aromatic N) is 1. The van der Waals surface area contributed by atoms with Crippen molar-refractivity contribution in [2.24, 2.45) is 0 Å². The zero-order valence-corrected chi connectivity index (χ0v) is 14.5. The van der Waals surface area contributed by atoms with E-state index in [2.05, 4.69) is 4.74 Å². The lowest BCUT2D eigenvalue weighted by molar-refractivity contribution is -0.122. The maximum absolute atomic E-state index is 12.2. The maximum Gasteiger partial charge on any atom is 0.410 e. The van der Waals surface area contributed by atoms with Crippen LogP contribution in [0.4, 0.5) is 4.79 Å². The zero-order valence-electron chi connectivity index (χ0n) is 14.5. The molecular formula is C18H23NO5. The van der Waals surface area contributed by atoms with E-state index in [9.17, 15) is 14.4 Å². The second-order valence-corrected chi connectivity index (χ2v) is 6.91. The van der Waals surface area contributed by atoms with Crippen molar-refractivity contribution in [1.82, 2.24) is 4.90 Å². The summed E-state index contributed by atoms with van der Waals surface area (Å²) in [6, 6.07) is 6.92. The van der Waals surface area contributed by atoms with E-state index in [1.165, 1.54) is 12.0 Å². The van der Waals surface area contributed by atoms with Crippen LogP contribution in [0.2, 0.25) is 0 Å². The van der Waals surface area contributed by atoms with Gasteiger partial charge in [-0.15, -0.1) is 0 Å². The number of hydrogen-bond donors (Lipinski definition) is 0. The molecule has 0 bridgehead atoms. The second kappa shape index (κ2) is 7.03. The Labute approximate surface area is 141 Å². The topological polar surface area (TPSA) is 72.9 Å². The standard InChI is InChI=1S/C18H23NO5/c1-18(2,3)24-17(22)19-10-14(9-15(20)11-19)12-5-7-13(8-6-12)16(21)23-4/h5-8,14H,9-11H2,1-4H3/t14-/m0/s1. The number of methoxy groups -OCH3 is 1. The Balaban J connectivity index is 2.11. The van der Waals surface area contributed by atoms with E-state index >= 15 is 0 Å². The molecule has 0 spiro atoms. The van der Waals surface area contributed by atoms with Crippen LogP contribution in [0.5, 0.6) is 0 Å². The van der Waals surface area contributed by atoms with Gasteiger partial charge in [-0.25, -0.2) is 9.59 Å². The molecule has 1 aromatic carbocycles. The van der Waals surface area contributed by atoms with Crippen LogP contribution in [-0.2, 0) is 14.3 Å². The number of benzene rings is 1. The minimum atomic E-state index is -0.602. The highest BCUT2D eigenvalue weighted by Gasteiger charge is 2.32. The van der Waals surface area contributed by atoms with Gasteiger partial charge in [0.05, 0.1) is 19.2 Å². The minimum Gasteiger partial charge on any atom is -0.465 e. The highest BCUT2D eigenvalue weighted by molar-refractivity contribution is 5.89. The third-order valence-corrected chi connectivity index (χ3v) is 3.74. The SMILES string of the molecule is COC(=O)c1ccc([C@H]2CC(=O)CN(C(=O)OC(C)(C)C)C2)cc1. The highest BCUT2D eigenvalue weighted by Crippen LogP contribution is 2.26. The van der Waals surface area contributed by atoms with E-state index in [0.29, 0.717) is 18.5 Å². The minimum absolute atomic E-state index is 0.00541. The van der Waals surface area contributed by atoms with Gasteiger partial charge < -0.3 is 14.4 Å². The lowest BCUT2D eigenvalue weighted by Gasteiger charge is -2.33. The summed E-state index contributed by atoms with van der Waals surface area (Å²) < 4.78 is 10.0. The predicted octanol–water partition coefficient (Wildman–Crippen LogP) is 2.77. The monoisotopic (exact) mass is 333 g/mol. The molecule has 0 saturated carbocycles. The molecule has 1 heterocycles. The first-order valence-electron chi connectivity index (χ1n) is 7.87. The Kier molecular flexibility index (Phi) is 5.26. The first-order valence-corrected chi connectivity index (χ1v) is 7.87. The molecular weight excluding hydrogens is 310 g/mol. The van der Waals surface area contributed by atoms with Crippen LogP contribution in [0.15, 0.2) is 24.3 Å². The Morgan fingerprint density at radius 3 is 2.33 bits per heavy atom. The number of esters is 1. The first kappa shape index (κ1) is 18.0. The zero-order chi connectivity index (χ0) is 17.9. The normalized spacial score (nSPS) is 18.2. The van der Waals surface area contributed by atoms with Crippen molar-refractivity contribution >= 4 is 17.8 Å². The van der Waals surface area contributed by atoms with Crippen LogP contribution in [0.3, 0.4) is 0 Å². The van der Waals surface area contributed by atoms with E-state index in [4.69, 9.17) is 4.74 Å². The molecule has 6 heteroatoms. The second-order valence-electron chi connectivity index (χ2n) is 6.91. The molecule has 130 valence electrons. The molecule has 0 radical (unpaired) electrons. The number of carbonyl (C=O) groups excluding carboxylic acids is 3. The van der Waals surface area contributed by atoms with Crippen molar-refractivity contribution in [3.8, 4) is 0 Å². The molecule has 0 unspecified atom stereocenters. The smallest absolute Gasteiger partial charge is 0.410 e. The maximum atomic E-state index is 12.2. The Morgan fingerprint density at radius 1 is 1.17 bits per heavy atom.